The van der Waals surface area contributed by atoms with Crippen molar-refractivity contribution in [1.29, 1.82) is 0 Å². The van der Waals surface area contributed by atoms with Crippen molar-refractivity contribution in [3.05, 3.63) is 36.0 Å². The number of carbonyl (C=O) groups is 1. The summed E-state index contributed by atoms with van der Waals surface area (Å²) in [6.07, 6.45) is 4.30. The third-order valence-electron chi connectivity index (χ3n) is 6.39. The number of para-hydroxylation sites is 1. The number of hydrogen-bond acceptors (Lipinski definition) is 4. The minimum atomic E-state index is -3.36. The maximum Gasteiger partial charge on any atom is 0.410 e. The molecule has 2 aliphatic heterocycles. The summed E-state index contributed by atoms with van der Waals surface area (Å²) in [6, 6.07) is 8.26. The Labute approximate surface area is 184 Å². The fourth-order valence-electron chi connectivity index (χ4n) is 4.73. The highest BCUT2D eigenvalue weighted by Gasteiger charge is 2.38. The van der Waals surface area contributed by atoms with Gasteiger partial charge < -0.3 is 14.6 Å². The van der Waals surface area contributed by atoms with E-state index in [0.717, 1.165) is 18.4 Å². The Kier molecular flexibility index (Phi) is 6.05. The van der Waals surface area contributed by atoms with Gasteiger partial charge in [0.05, 0.1) is 5.25 Å². The van der Waals surface area contributed by atoms with Gasteiger partial charge in [0.25, 0.3) is 0 Å². The zero-order chi connectivity index (χ0) is 22.2. The molecule has 0 aliphatic carbocycles. The molecule has 2 saturated heterocycles. The molecule has 7 nitrogen and oxygen atoms in total. The van der Waals surface area contributed by atoms with Crippen molar-refractivity contribution >= 4 is 27.0 Å². The lowest BCUT2D eigenvalue weighted by atomic mass is 9.90. The van der Waals surface area contributed by atoms with E-state index in [-0.39, 0.29) is 6.09 Å². The molecular weight excluding hydrogens is 414 g/mol. The first kappa shape index (κ1) is 22.1. The number of piperidine rings is 2. The van der Waals surface area contributed by atoms with Crippen molar-refractivity contribution < 1.29 is 17.9 Å². The van der Waals surface area contributed by atoms with E-state index in [0.29, 0.717) is 44.9 Å². The molecule has 0 radical (unpaired) electrons. The smallest absolute Gasteiger partial charge is 0.410 e. The molecule has 2 aromatic rings. The SMILES string of the molecule is CC(C)(C)OC(=O)N1CCC(S(=O)(=O)N2CCC(c3c[nH]c4ccccc34)CC2)CC1. The van der Waals surface area contributed by atoms with E-state index >= 15 is 0 Å². The van der Waals surface area contributed by atoms with Crippen molar-refractivity contribution in [3.63, 3.8) is 0 Å². The van der Waals surface area contributed by atoms with Crippen molar-refractivity contribution in [2.24, 2.45) is 0 Å². The van der Waals surface area contributed by atoms with E-state index in [1.807, 2.05) is 32.9 Å². The molecule has 1 amide bonds. The second kappa shape index (κ2) is 8.47. The summed E-state index contributed by atoms with van der Waals surface area (Å²) in [5.41, 5.74) is 1.87. The number of benzene rings is 1. The number of carbonyl (C=O) groups excluding carboxylic acids is 1. The van der Waals surface area contributed by atoms with E-state index in [4.69, 9.17) is 4.74 Å². The first-order valence-electron chi connectivity index (χ1n) is 11.2. The van der Waals surface area contributed by atoms with Gasteiger partial charge in [-0.25, -0.2) is 17.5 Å². The molecule has 0 spiro atoms. The topological polar surface area (TPSA) is 82.7 Å². The average Bonchev–Trinajstić information content (AvgIpc) is 3.17. The molecule has 0 bridgehead atoms. The number of nitrogens with one attached hydrogen (secondary N) is 1. The summed E-state index contributed by atoms with van der Waals surface area (Å²) in [4.78, 5) is 17.2. The predicted octanol–water partition coefficient (Wildman–Crippen LogP) is 4.08. The second-order valence-electron chi connectivity index (χ2n) is 9.67. The number of aromatic amines is 1. The van der Waals surface area contributed by atoms with Crippen LogP contribution < -0.4 is 0 Å². The molecule has 3 heterocycles. The summed E-state index contributed by atoms with van der Waals surface area (Å²) in [5, 5.41) is 0.814. The van der Waals surface area contributed by atoms with Crippen LogP contribution in [0.15, 0.2) is 30.5 Å². The van der Waals surface area contributed by atoms with Gasteiger partial charge in [0.1, 0.15) is 5.60 Å². The summed E-state index contributed by atoms with van der Waals surface area (Å²) >= 11 is 0. The Balaban J connectivity index is 1.34. The fourth-order valence-corrected chi connectivity index (χ4v) is 6.67. The van der Waals surface area contributed by atoms with E-state index in [1.54, 1.807) is 9.21 Å². The molecule has 2 fully saturated rings. The quantitative estimate of drug-likeness (QED) is 0.769. The minimum absolute atomic E-state index is 0.358. The molecule has 4 rings (SSSR count). The van der Waals surface area contributed by atoms with Crippen LogP contribution in [0.5, 0.6) is 0 Å². The van der Waals surface area contributed by atoms with Crippen LogP contribution in [0.3, 0.4) is 0 Å². The molecule has 0 unspecified atom stereocenters. The molecule has 0 saturated carbocycles. The average molecular weight is 448 g/mol. The van der Waals surface area contributed by atoms with Crippen LogP contribution in [0.1, 0.15) is 57.9 Å². The third-order valence-corrected chi connectivity index (χ3v) is 8.79. The summed E-state index contributed by atoms with van der Waals surface area (Å²) in [6.45, 7) is 7.46. The first-order chi connectivity index (χ1) is 14.6. The highest BCUT2D eigenvalue weighted by atomic mass is 32.2. The zero-order valence-corrected chi connectivity index (χ0v) is 19.5. The number of hydrogen-bond donors (Lipinski definition) is 1. The van der Waals surface area contributed by atoms with Gasteiger partial charge in [0.2, 0.25) is 10.0 Å². The highest BCUT2D eigenvalue weighted by molar-refractivity contribution is 7.89. The number of fused-ring (bicyclic) bond motifs is 1. The van der Waals surface area contributed by atoms with Crippen LogP contribution in [0, 0.1) is 0 Å². The van der Waals surface area contributed by atoms with Gasteiger partial charge in [-0.05, 0) is 64.0 Å². The number of nitrogens with zero attached hydrogens (tertiary/aromatic N) is 2. The maximum atomic E-state index is 13.2. The Hall–Kier alpha value is -2.06. The monoisotopic (exact) mass is 447 g/mol. The number of ether oxygens (including phenoxy) is 1. The molecule has 1 aromatic carbocycles. The molecule has 31 heavy (non-hydrogen) atoms. The zero-order valence-electron chi connectivity index (χ0n) is 18.6. The van der Waals surface area contributed by atoms with Crippen LogP contribution in [0.4, 0.5) is 4.79 Å². The molecule has 0 atom stereocenters. The van der Waals surface area contributed by atoms with Gasteiger partial charge in [-0.3, -0.25) is 0 Å². The van der Waals surface area contributed by atoms with Gasteiger partial charge in [0.15, 0.2) is 0 Å². The minimum Gasteiger partial charge on any atom is -0.444 e. The number of amides is 1. The van der Waals surface area contributed by atoms with E-state index in [2.05, 4.69) is 23.3 Å². The molecule has 2 aliphatic rings. The van der Waals surface area contributed by atoms with Gasteiger partial charge in [0, 0.05) is 43.3 Å². The number of rotatable bonds is 3. The van der Waals surface area contributed by atoms with E-state index < -0.39 is 20.9 Å². The molecule has 170 valence electrons. The lowest BCUT2D eigenvalue weighted by Gasteiger charge is -2.37. The Morgan fingerprint density at radius 1 is 1.03 bits per heavy atom. The standard InChI is InChI=1S/C23H33N3O4S/c1-23(2,3)30-22(27)25-12-10-18(11-13-25)31(28,29)26-14-8-17(9-15-26)20-16-24-21-7-5-4-6-19(20)21/h4-7,16-18,24H,8-15H2,1-3H3. The van der Waals surface area contributed by atoms with Gasteiger partial charge in [-0.1, -0.05) is 18.2 Å². The van der Waals surface area contributed by atoms with Gasteiger partial charge >= 0.3 is 6.09 Å². The van der Waals surface area contributed by atoms with Crippen molar-refractivity contribution in [2.45, 2.75) is 63.2 Å². The van der Waals surface area contributed by atoms with Crippen molar-refractivity contribution in [3.8, 4) is 0 Å². The summed E-state index contributed by atoms with van der Waals surface area (Å²) in [7, 11) is -3.36. The van der Waals surface area contributed by atoms with Gasteiger partial charge in [-0.15, -0.1) is 0 Å². The lowest BCUT2D eigenvalue weighted by Crippen LogP contribution is -2.49. The second-order valence-corrected chi connectivity index (χ2v) is 11.9. The van der Waals surface area contributed by atoms with Crippen molar-refractivity contribution in [1.82, 2.24) is 14.2 Å². The number of aromatic nitrogens is 1. The fraction of sp³-hybridized carbons (Fsp3) is 0.609. The molecule has 8 heteroatoms. The van der Waals surface area contributed by atoms with Crippen LogP contribution in [-0.2, 0) is 14.8 Å². The highest BCUT2D eigenvalue weighted by Crippen LogP contribution is 2.35. The van der Waals surface area contributed by atoms with E-state index in [9.17, 15) is 13.2 Å². The molecule has 1 N–H and O–H groups in total. The van der Waals surface area contributed by atoms with Crippen LogP contribution >= 0.6 is 0 Å². The van der Waals surface area contributed by atoms with E-state index in [1.165, 1.54) is 10.9 Å². The van der Waals surface area contributed by atoms with Crippen LogP contribution in [-0.4, -0.2) is 65.7 Å². The summed E-state index contributed by atoms with van der Waals surface area (Å²) in [5.74, 6) is 0.372. The third kappa shape index (κ3) is 4.75. The largest absolute Gasteiger partial charge is 0.444 e. The Morgan fingerprint density at radius 2 is 1.68 bits per heavy atom. The number of H-pyrrole nitrogens is 1. The lowest BCUT2D eigenvalue weighted by molar-refractivity contribution is 0.0216. The Morgan fingerprint density at radius 3 is 2.32 bits per heavy atom. The predicted molar refractivity (Wildman–Crippen MR) is 122 cm³/mol. The molecular formula is C23H33N3O4S. The van der Waals surface area contributed by atoms with Gasteiger partial charge in [-0.2, -0.15) is 0 Å². The maximum absolute atomic E-state index is 13.2. The first-order valence-corrected chi connectivity index (χ1v) is 12.7. The van der Waals surface area contributed by atoms with Crippen LogP contribution in [0.2, 0.25) is 0 Å². The number of likely N-dealkylation sites (tertiary alicyclic amines) is 1. The normalized spacial score (nSPS) is 20.3. The Bertz CT molecular complexity index is 1020. The number of sulfonamides is 1. The van der Waals surface area contributed by atoms with Crippen LogP contribution in [0.25, 0.3) is 10.9 Å². The molecule has 1 aromatic heterocycles. The summed E-state index contributed by atoms with van der Waals surface area (Å²) < 4.78 is 33.6. The van der Waals surface area contributed by atoms with Crippen molar-refractivity contribution in [2.75, 3.05) is 26.2 Å².